The van der Waals surface area contributed by atoms with Crippen molar-refractivity contribution in [3.05, 3.63) is 0 Å². The Morgan fingerprint density at radius 1 is 1.32 bits per heavy atom. The summed E-state index contributed by atoms with van der Waals surface area (Å²) in [4.78, 5) is 25.0. The van der Waals surface area contributed by atoms with Gasteiger partial charge in [0.2, 0.25) is 5.91 Å². The number of methoxy groups -OCH3 is 1. The molecule has 0 saturated carbocycles. The molecule has 0 radical (unpaired) electrons. The van der Waals surface area contributed by atoms with Gasteiger partial charge in [0.1, 0.15) is 0 Å². The molecule has 1 saturated heterocycles. The summed E-state index contributed by atoms with van der Waals surface area (Å²) in [7, 11) is 1.38. The number of morpholine rings is 1. The molecule has 0 aliphatic carbocycles. The number of amides is 1. The number of nitrogens with one attached hydrogen (secondary N) is 1. The van der Waals surface area contributed by atoms with E-state index in [9.17, 15) is 9.59 Å². The lowest BCUT2D eigenvalue weighted by molar-refractivity contribution is -0.145. The zero-order chi connectivity index (χ0) is 14.3. The summed E-state index contributed by atoms with van der Waals surface area (Å²) in [6.07, 6.45) is 0.443. The number of esters is 1. The van der Waals surface area contributed by atoms with Crippen LogP contribution in [0.15, 0.2) is 0 Å². The highest BCUT2D eigenvalue weighted by molar-refractivity contribution is 5.76. The Kier molecular flexibility index (Phi) is 6.80. The van der Waals surface area contributed by atoms with E-state index in [-0.39, 0.29) is 23.8 Å². The number of ether oxygens (including phenoxy) is 2. The van der Waals surface area contributed by atoms with E-state index in [0.717, 1.165) is 0 Å². The Bertz CT molecular complexity index is 303. The average molecular weight is 272 g/mol. The molecule has 6 nitrogen and oxygen atoms in total. The molecule has 1 fully saturated rings. The smallest absolute Gasteiger partial charge is 0.309 e. The fourth-order valence-electron chi connectivity index (χ4n) is 1.94. The minimum Gasteiger partial charge on any atom is -0.469 e. The van der Waals surface area contributed by atoms with Gasteiger partial charge in [-0.15, -0.1) is 0 Å². The van der Waals surface area contributed by atoms with Crippen LogP contribution in [-0.4, -0.2) is 62.8 Å². The van der Waals surface area contributed by atoms with E-state index >= 15 is 0 Å². The number of nitrogens with zero attached hydrogens (tertiary/aromatic N) is 1. The van der Waals surface area contributed by atoms with Crippen molar-refractivity contribution in [2.24, 2.45) is 5.92 Å². The summed E-state index contributed by atoms with van der Waals surface area (Å²) in [6, 6.07) is -0.00932. The van der Waals surface area contributed by atoms with Crippen molar-refractivity contribution in [2.75, 3.05) is 40.0 Å². The van der Waals surface area contributed by atoms with Crippen LogP contribution in [0.1, 0.15) is 20.3 Å². The Balaban J connectivity index is 2.21. The third-order valence-corrected chi connectivity index (χ3v) is 3.49. The molecule has 0 aromatic carbocycles. The first kappa shape index (κ1) is 15.9. The zero-order valence-corrected chi connectivity index (χ0v) is 12.0. The van der Waals surface area contributed by atoms with Gasteiger partial charge in [0.25, 0.3) is 0 Å². The van der Waals surface area contributed by atoms with Crippen LogP contribution in [0, 0.1) is 5.92 Å². The van der Waals surface area contributed by atoms with Crippen molar-refractivity contribution >= 4 is 11.9 Å². The third-order valence-electron chi connectivity index (χ3n) is 3.49. The zero-order valence-electron chi connectivity index (χ0n) is 12.0. The fraction of sp³-hybridized carbons (Fsp3) is 0.846. The second-order valence-electron chi connectivity index (χ2n) is 4.80. The van der Waals surface area contributed by atoms with Gasteiger partial charge in [-0.3, -0.25) is 9.59 Å². The molecule has 1 rings (SSSR count). The SMILES string of the molecule is COC(=O)C(C)C(C)NCCC(=O)N1CCOCC1. The molecule has 1 aliphatic heterocycles. The Hall–Kier alpha value is -1.14. The maximum atomic E-state index is 11.9. The Morgan fingerprint density at radius 2 is 1.95 bits per heavy atom. The Labute approximate surface area is 114 Å². The number of carbonyl (C=O) groups excluding carboxylic acids is 2. The first-order valence-electron chi connectivity index (χ1n) is 6.73. The highest BCUT2D eigenvalue weighted by Crippen LogP contribution is 2.05. The van der Waals surface area contributed by atoms with Crippen molar-refractivity contribution in [1.29, 1.82) is 0 Å². The molecule has 2 atom stereocenters. The van der Waals surface area contributed by atoms with Gasteiger partial charge in [0, 0.05) is 32.1 Å². The Morgan fingerprint density at radius 3 is 2.53 bits per heavy atom. The molecule has 19 heavy (non-hydrogen) atoms. The summed E-state index contributed by atoms with van der Waals surface area (Å²) < 4.78 is 9.89. The molecule has 6 heteroatoms. The minimum absolute atomic E-state index is 0.00932. The van der Waals surface area contributed by atoms with E-state index in [1.165, 1.54) is 7.11 Å². The van der Waals surface area contributed by atoms with Crippen molar-refractivity contribution < 1.29 is 19.1 Å². The predicted molar refractivity (Wildman–Crippen MR) is 70.7 cm³/mol. The lowest BCUT2D eigenvalue weighted by atomic mass is 10.0. The second-order valence-corrected chi connectivity index (χ2v) is 4.80. The largest absolute Gasteiger partial charge is 0.469 e. The molecule has 0 spiro atoms. The maximum Gasteiger partial charge on any atom is 0.309 e. The maximum absolute atomic E-state index is 11.9. The van der Waals surface area contributed by atoms with Crippen molar-refractivity contribution in [2.45, 2.75) is 26.3 Å². The molecule has 1 aliphatic rings. The topological polar surface area (TPSA) is 67.9 Å². The van der Waals surface area contributed by atoms with Crippen LogP contribution in [0.4, 0.5) is 0 Å². The van der Waals surface area contributed by atoms with Crippen molar-refractivity contribution in [3.8, 4) is 0 Å². The monoisotopic (exact) mass is 272 g/mol. The molecule has 2 unspecified atom stereocenters. The summed E-state index contributed by atoms with van der Waals surface area (Å²) in [6.45, 7) is 6.89. The standard InChI is InChI=1S/C13H24N2O4/c1-10(13(17)18-3)11(2)14-5-4-12(16)15-6-8-19-9-7-15/h10-11,14H,4-9H2,1-3H3. The van der Waals surface area contributed by atoms with E-state index in [2.05, 4.69) is 10.1 Å². The molecule has 1 heterocycles. The number of rotatable bonds is 6. The summed E-state index contributed by atoms with van der Waals surface area (Å²) in [5.41, 5.74) is 0. The van der Waals surface area contributed by atoms with E-state index in [0.29, 0.717) is 39.3 Å². The highest BCUT2D eigenvalue weighted by atomic mass is 16.5. The van der Waals surface area contributed by atoms with Gasteiger partial charge in [0.05, 0.1) is 26.2 Å². The molecule has 110 valence electrons. The molecular formula is C13H24N2O4. The van der Waals surface area contributed by atoms with Crippen molar-refractivity contribution in [1.82, 2.24) is 10.2 Å². The fourth-order valence-corrected chi connectivity index (χ4v) is 1.94. The van der Waals surface area contributed by atoms with Crippen LogP contribution in [0.5, 0.6) is 0 Å². The van der Waals surface area contributed by atoms with Crippen molar-refractivity contribution in [3.63, 3.8) is 0 Å². The van der Waals surface area contributed by atoms with Crippen LogP contribution in [0.3, 0.4) is 0 Å². The molecule has 0 bridgehead atoms. The van der Waals surface area contributed by atoms with Gasteiger partial charge in [0.15, 0.2) is 0 Å². The average Bonchev–Trinajstić information content (AvgIpc) is 2.46. The highest BCUT2D eigenvalue weighted by Gasteiger charge is 2.21. The van der Waals surface area contributed by atoms with Gasteiger partial charge < -0.3 is 19.7 Å². The lowest BCUT2D eigenvalue weighted by Crippen LogP contribution is -2.43. The van der Waals surface area contributed by atoms with E-state index < -0.39 is 0 Å². The van der Waals surface area contributed by atoms with Gasteiger partial charge in [-0.2, -0.15) is 0 Å². The summed E-state index contributed by atoms with van der Waals surface area (Å²) >= 11 is 0. The number of hydrogen-bond donors (Lipinski definition) is 1. The predicted octanol–water partition coefficient (Wildman–Crippen LogP) is 0.0225. The van der Waals surface area contributed by atoms with Crippen LogP contribution in [0.25, 0.3) is 0 Å². The molecule has 1 amide bonds. The minimum atomic E-state index is -0.237. The molecule has 0 aromatic rings. The van der Waals surface area contributed by atoms with Crippen LogP contribution >= 0.6 is 0 Å². The van der Waals surface area contributed by atoms with Crippen LogP contribution in [0.2, 0.25) is 0 Å². The van der Waals surface area contributed by atoms with Crippen LogP contribution < -0.4 is 5.32 Å². The van der Waals surface area contributed by atoms with E-state index in [4.69, 9.17) is 4.74 Å². The van der Waals surface area contributed by atoms with Crippen LogP contribution in [-0.2, 0) is 19.1 Å². The number of hydrogen-bond acceptors (Lipinski definition) is 5. The van der Waals surface area contributed by atoms with Gasteiger partial charge in [-0.25, -0.2) is 0 Å². The van der Waals surface area contributed by atoms with Gasteiger partial charge >= 0.3 is 5.97 Å². The first-order chi connectivity index (χ1) is 9.06. The lowest BCUT2D eigenvalue weighted by Gasteiger charge is -2.27. The molecule has 1 N–H and O–H groups in total. The summed E-state index contributed by atoms with van der Waals surface area (Å²) in [5, 5.41) is 3.19. The normalized spacial score (nSPS) is 18.8. The van der Waals surface area contributed by atoms with Gasteiger partial charge in [-0.1, -0.05) is 6.92 Å². The van der Waals surface area contributed by atoms with E-state index in [1.54, 1.807) is 0 Å². The quantitative estimate of drug-likeness (QED) is 0.691. The van der Waals surface area contributed by atoms with E-state index in [1.807, 2.05) is 18.7 Å². The molecular weight excluding hydrogens is 248 g/mol. The summed E-state index contributed by atoms with van der Waals surface area (Å²) in [5.74, 6) is -0.322. The third kappa shape index (κ3) is 5.16. The van der Waals surface area contributed by atoms with Gasteiger partial charge in [-0.05, 0) is 6.92 Å². The number of carbonyl (C=O) groups is 2. The first-order valence-corrected chi connectivity index (χ1v) is 6.73. The second kappa shape index (κ2) is 8.12. The molecule has 0 aromatic heterocycles.